The fourth-order valence-corrected chi connectivity index (χ4v) is 4.74. The zero-order valence-corrected chi connectivity index (χ0v) is 18.7. The minimum Gasteiger partial charge on any atom is -0.422 e. The van der Waals surface area contributed by atoms with Crippen LogP contribution in [0.3, 0.4) is 0 Å². The van der Waals surface area contributed by atoms with E-state index in [0.717, 1.165) is 10.9 Å². The van der Waals surface area contributed by atoms with Gasteiger partial charge in [-0.25, -0.2) is 9.80 Å². The summed E-state index contributed by atoms with van der Waals surface area (Å²) in [5.74, 6) is -0.559. The normalized spacial score (nSPS) is 19.4. The number of amides is 2. The predicted molar refractivity (Wildman–Crippen MR) is 128 cm³/mol. The fourth-order valence-electron chi connectivity index (χ4n) is 4.74. The average Bonchev–Trinajstić information content (AvgIpc) is 3.30. The van der Waals surface area contributed by atoms with Crippen molar-refractivity contribution in [2.24, 2.45) is 16.8 Å². The van der Waals surface area contributed by atoms with Crippen molar-refractivity contribution in [2.45, 2.75) is 25.3 Å². The van der Waals surface area contributed by atoms with Gasteiger partial charge in [0.25, 0.3) is 5.91 Å². The number of para-hydroxylation sites is 1. The van der Waals surface area contributed by atoms with Crippen molar-refractivity contribution in [1.82, 2.24) is 9.91 Å². The van der Waals surface area contributed by atoms with Crippen LogP contribution in [0.2, 0.25) is 0 Å². The van der Waals surface area contributed by atoms with Gasteiger partial charge in [0.05, 0.1) is 23.9 Å². The average molecular weight is 459 g/mol. The van der Waals surface area contributed by atoms with Gasteiger partial charge in [-0.3, -0.25) is 14.5 Å². The minimum absolute atomic E-state index is 0.132. The molecule has 1 fully saturated rings. The number of carbonyl (C=O) groups is 2. The zero-order valence-electron chi connectivity index (χ0n) is 18.7. The second kappa shape index (κ2) is 9.23. The van der Waals surface area contributed by atoms with Gasteiger partial charge in [-0.2, -0.15) is 5.10 Å². The highest BCUT2D eigenvalue weighted by atomic mass is 16.4. The number of hydrogen-bond acceptors (Lipinski definition) is 6. The first-order chi connectivity index (χ1) is 16.5. The van der Waals surface area contributed by atoms with E-state index in [1.165, 1.54) is 5.01 Å². The molecule has 174 valence electrons. The molecule has 3 aromatic rings. The Morgan fingerprint density at radius 2 is 1.74 bits per heavy atom. The van der Waals surface area contributed by atoms with Gasteiger partial charge in [0.1, 0.15) is 5.58 Å². The van der Waals surface area contributed by atoms with Crippen LogP contribution in [0.15, 0.2) is 75.0 Å². The number of hydrazone groups is 1. The molecule has 3 heterocycles. The van der Waals surface area contributed by atoms with E-state index >= 15 is 0 Å². The highest BCUT2D eigenvalue weighted by Gasteiger charge is 2.35. The van der Waals surface area contributed by atoms with Crippen molar-refractivity contribution in [2.75, 3.05) is 19.6 Å². The number of rotatable bonds is 5. The first-order valence-electron chi connectivity index (χ1n) is 11.5. The Kier molecular flexibility index (Phi) is 5.98. The maximum absolute atomic E-state index is 13.4. The monoisotopic (exact) mass is 458 g/mol. The molecule has 1 saturated heterocycles. The van der Waals surface area contributed by atoms with Gasteiger partial charge < -0.3 is 10.2 Å². The summed E-state index contributed by atoms with van der Waals surface area (Å²) in [5.41, 5.74) is 7.34. The van der Waals surface area contributed by atoms with Gasteiger partial charge in [0, 0.05) is 17.7 Å². The van der Waals surface area contributed by atoms with E-state index < -0.39 is 5.63 Å². The van der Waals surface area contributed by atoms with Crippen molar-refractivity contribution in [3.8, 4) is 0 Å². The van der Waals surface area contributed by atoms with Gasteiger partial charge >= 0.3 is 5.63 Å². The number of nitrogens with two attached hydrogens (primary N) is 1. The van der Waals surface area contributed by atoms with Crippen molar-refractivity contribution in [3.05, 3.63) is 82.2 Å². The third-order valence-corrected chi connectivity index (χ3v) is 6.65. The van der Waals surface area contributed by atoms with E-state index in [1.807, 2.05) is 53.4 Å². The summed E-state index contributed by atoms with van der Waals surface area (Å²) >= 11 is 0. The number of primary amides is 1. The number of piperidine rings is 1. The number of benzene rings is 2. The molecule has 0 spiro atoms. The maximum Gasteiger partial charge on any atom is 0.345 e. The predicted octanol–water partition coefficient (Wildman–Crippen LogP) is 2.67. The van der Waals surface area contributed by atoms with Crippen LogP contribution < -0.4 is 11.4 Å². The first-order valence-corrected chi connectivity index (χ1v) is 11.5. The van der Waals surface area contributed by atoms with Gasteiger partial charge in [0.2, 0.25) is 5.91 Å². The smallest absolute Gasteiger partial charge is 0.345 e. The highest BCUT2D eigenvalue weighted by Crippen LogP contribution is 2.33. The molecule has 1 unspecified atom stereocenters. The van der Waals surface area contributed by atoms with Gasteiger partial charge in [-0.15, -0.1) is 0 Å². The molecular formula is C26H26N4O4. The summed E-state index contributed by atoms with van der Waals surface area (Å²) in [7, 11) is 0. The van der Waals surface area contributed by atoms with Crippen LogP contribution in [0.25, 0.3) is 11.0 Å². The van der Waals surface area contributed by atoms with Gasteiger partial charge in [-0.1, -0.05) is 48.5 Å². The lowest BCUT2D eigenvalue weighted by atomic mass is 9.96. The van der Waals surface area contributed by atoms with Crippen molar-refractivity contribution >= 4 is 28.5 Å². The Balaban J connectivity index is 1.42. The van der Waals surface area contributed by atoms with Crippen LogP contribution in [0.4, 0.5) is 0 Å². The molecule has 0 aliphatic carbocycles. The number of likely N-dealkylation sites (tertiary alicyclic amines) is 1. The third-order valence-electron chi connectivity index (χ3n) is 6.65. The van der Waals surface area contributed by atoms with Crippen LogP contribution in [0.1, 0.15) is 36.4 Å². The summed E-state index contributed by atoms with van der Waals surface area (Å²) in [6.07, 6.45) is 1.72. The second-order valence-corrected chi connectivity index (χ2v) is 8.85. The van der Waals surface area contributed by atoms with Gasteiger partial charge in [0.15, 0.2) is 0 Å². The molecule has 2 aliphatic heterocycles. The summed E-state index contributed by atoms with van der Waals surface area (Å²) in [6.45, 7) is 1.46. The SMILES string of the molecule is NC(=O)C1CCN(CC(=O)N2N=C(c3cc4ccccc4oc3=O)CC2c2ccccc2)CC1. The Hall–Kier alpha value is -3.78. The van der Waals surface area contributed by atoms with E-state index in [1.54, 1.807) is 12.1 Å². The standard InChI is InChI=1S/C26H26N4O4/c27-25(32)18-10-12-29(13-11-18)16-24(31)30-22(17-6-2-1-3-7-17)15-21(28-30)20-14-19-8-4-5-9-23(19)34-26(20)33/h1-9,14,18,22H,10-13,15-16H2,(H2,27,32). The lowest BCUT2D eigenvalue weighted by Crippen LogP contribution is -2.43. The lowest BCUT2D eigenvalue weighted by Gasteiger charge is -2.31. The van der Waals surface area contributed by atoms with E-state index in [2.05, 4.69) is 5.10 Å². The molecule has 5 rings (SSSR count). The largest absolute Gasteiger partial charge is 0.422 e. The number of carbonyl (C=O) groups excluding carboxylic acids is 2. The Morgan fingerprint density at radius 1 is 1.03 bits per heavy atom. The van der Waals surface area contributed by atoms with Crippen molar-refractivity contribution in [1.29, 1.82) is 0 Å². The molecular weight excluding hydrogens is 432 g/mol. The molecule has 2 aliphatic rings. The Morgan fingerprint density at radius 3 is 2.47 bits per heavy atom. The number of hydrogen-bond donors (Lipinski definition) is 1. The molecule has 2 N–H and O–H groups in total. The minimum atomic E-state index is -0.466. The van der Waals surface area contributed by atoms with Crippen LogP contribution in [0, 0.1) is 5.92 Å². The molecule has 2 aromatic carbocycles. The van der Waals surface area contributed by atoms with E-state index in [0.29, 0.717) is 49.2 Å². The maximum atomic E-state index is 13.4. The second-order valence-electron chi connectivity index (χ2n) is 8.85. The fraction of sp³-hybridized carbons (Fsp3) is 0.308. The Bertz CT molecular complexity index is 1310. The molecule has 0 bridgehead atoms. The van der Waals surface area contributed by atoms with Crippen LogP contribution in [-0.4, -0.2) is 47.1 Å². The molecule has 0 radical (unpaired) electrons. The van der Waals surface area contributed by atoms with Crippen LogP contribution in [-0.2, 0) is 9.59 Å². The van der Waals surface area contributed by atoms with Crippen molar-refractivity contribution < 1.29 is 14.0 Å². The molecule has 0 saturated carbocycles. The topological polar surface area (TPSA) is 109 Å². The molecule has 1 atom stereocenters. The first kappa shape index (κ1) is 22.0. The summed E-state index contributed by atoms with van der Waals surface area (Å²) in [5, 5.41) is 6.94. The third kappa shape index (κ3) is 4.36. The van der Waals surface area contributed by atoms with Crippen LogP contribution >= 0.6 is 0 Å². The zero-order chi connectivity index (χ0) is 23.7. The lowest BCUT2D eigenvalue weighted by molar-refractivity contribution is -0.134. The Labute approximate surface area is 196 Å². The quantitative estimate of drug-likeness (QED) is 0.591. The van der Waals surface area contributed by atoms with Crippen LogP contribution in [0.5, 0.6) is 0 Å². The van der Waals surface area contributed by atoms with E-state index in [9.17, 15) is 14.4 Å². The summed E-state index contributed by atoms with van der Waals surface area (Å²) in [4.78, 5) is 39.6. The molecule has 34 heavy (non-hydrogen) atoms. The van der Waals surface area contributed by atoms with E-state index in [-0.39, 0.29) is 30.3 Å². The van der Waals surface area contributed by atoms with Gasteiger partial charge in [-0.05, 0) is 43.6 Å². The molecule has 1 aromatic heterocycles. The summed E-state index contributed by atoms with van der Waals surface area (Å²) in [6, 6.07) is 18.5. The molecule has 2 amide bonds. The van der Waals surface area contributed by atoms with Crippen molar-refractivity contribution in [3.63, 3.8) is 0 Å². The summed E-state index contributed by atoms with van der Waals surface area (Å²) < 4.78 is 5.51. The number of fused-ring (bicyclic) bond motifs is 1. The molecule has 8 heteroatoms. The molecule has 8 nitrogen and oxygen atoms in total. The van der Waals surface area contributed by atoms with E-state index in [4.69, 9.17) is 10.2 Å². The number of nitrogens with zero attached hydrogens (tertiary/aromatic N) is 3. The highest BCUT2D eigenvalue weighted by molar-refractivity contribution is 6.04.